The molecule has 1 N–H and O–H groups in total. The first-order valence-electron chi connectivity index (χ1n) is 10.4. The lowest BCUT2D eigenvalue weighted by Gasteiger charge is -2.23. The Bertz CT molecular complexity index is 1270. The number of nitrogens with one attached hydrogen (secondary N) is 1. The van der Waals surface area contributed by atoms with E-state index < -0.39 is 33.2 Å². The molecule has 13 heteroatoms. The number of nitrogens with zero attached hydrogens (tertiary/aromatic N) is 5. The standard InChI is InChI=1S/C21H25FN6O5S/c1-12-8-23-19(24-9-12)18(32-4)13(2)34(29,30)27-21-26-25-20-16-7-14(22)5-6-17(16)33-11-15(10-31-3)28(20)21/h5-9,13,15,18H,10-11H2,1-4H3,(H,26,27)/t13?,15-,18?/m0/s1. The zero-order chi connectivity index (χ0) is 24.5. The average Bonchev–Trinajstić information content (AvgIpc) is 3.14. The number of halogens is 1. The van der Waals surface area contributed by atoms with Gasteiger partial charge in [0, 0.05) is 26.6 Å². The second-order valence-electron chi connectivity index (χ2n) is 7.90. The minimum absolute atomic E-state index is 0.0516. The van der Waals surface area contributed by atoms with Crippen molar-refractivity contribution in [3.63, 3.8) is 0 Å². The van der Waals surface area contributed by atoms with Crippen LogP contribution in [0.3, 0.4) is 0 Å². The number of methoxy groups -OCH3 is 2. The van der Waals surface area contributed by atoms with Crippen LogP contribution in [0, 0.1) is 12.7 Å². The predicted molar refractivity (Wildman–Crippen MR) is 120 cm³/mol. The third-order valence-corrected chi connectivity index (χ3v) is 7.19. The summed E-state index contributed by atoms with van der Waals surface area (Å²) >= 11 is 0. The van der Waals surface area contributed by atoms with Crippen LogP contribution in [0.2, 0.25) is 0 Å². The molecule has 11 nitrogen and oxygen atoms in total. The van der Waals surface area contributed by atoms with Crippen LogP contribution in [-0.4, -0.2) is 65.8 Å². The molecule has 34 heavy (non-hydrogen) atoms. The maximum atomic E-state index is 14.0. The maximum absolute atomic E-state index is 14.0. The SMILES string of the molecule is COC[C@H]1COc2ccc(F)cc2-c2nnc(NS(=O)(=O)C(C)C(OC)c3ncc(C)cn3)n21. The molecule has 3 aromatic rings. The van der Waals surface area contributed by atoms with E-state index in [0.29, 0.717) is 11.3 Å². The fourth-order valence-electron chi connectivity index (χ4n) is 3.71. The van der Waals surface area contributed by atoms with Crippen molar-refractivity contribution in [1.29, 1.82) is 0 Å². The van der Waals surface area contributed by atoms with Crippen molar-refractivity contribution in [3.05, 3.63) is 47.8 Å². The van der Waals surface area contributed by atoms with Gasteiger partial charge in [0.15, 0.2) is 11.6 Å². The van der Waals surface area contributed by atoms with Gasteiger partial charge in [0.1, 0.15) is 29.5 Å². The van der Waals surface area contributed by atoms with Crippen LogP contribution in [0.15, 0.2) is 30.6 Å². The third kappa shape index (κ3) is 4.58. The Morgan fingerprint density at radius 1 is 1.26 bits per heavy atom. The summed E-state index contributed by atoms with van der Waals surface area (Å²) < 4.78 is 61.2. The molecule has 3 atom stereocenters. The normalized spacial score (nSPS) is 17.1. The van der Waals surface area contributed by atoms with Crippen LogP contribution < -0.4 is 9.46 Å². The number of hydrogen-bond acceptors (Lipinski definition) is 9. The van der Waals surface area contributed by atoms with Gasteiger partial charge in [-0.1, -0.05) is 0 Å². The van der Waals surface area contributed by atoms with E-state index in [9.17, 15) is 12.8 Å². The molecule has 0 amide bonds. The highest BCUT2D eigenvalue weighted by Gasteiger charge is 2.36. The highest BCUT2D eigenvalue weighted by atomic mass is 32.2. The first-order valence-corrected chi connectivity index (χ1v) is 12.0. The minimum atomic E-state index is -4.06. The molecule has 1 aliphatic heterocycles. The number of aryl methyl sites for hydroxylation is 1. The Labute approximate surface area is 196 Å². The molecule has 2 aromatic heterocycles. The van der Waals surface area contributed by atoms with E-state index in [-0.39, 0.29) is 30.8 Å². The Hall–Kier alpha value is -3.16. The van der Waals surface area contributed by atoms with Gasteiger partial charge in [0.2, 0.25) is 16.0 Å². The molecule has 0 saturated heterocycles. The zero-order valence-electron chi connectivity index (χ0n) is 19.1. The lowest BCUT2D eigenvalue weighted by molar-refractivity contribution is 0.0949. The zero-order valence-corrected chi connectivity index (χ0v) is 19.9. The van der Waals surface area contributed by atoms with Crippen molar-refractivity contribution in [2.75, 3.05) is 32.2 Å². The molecule has 1 aliphatic rings. The van der Waals surface area contributed by atoms with Crippen LogP contribution in [0.4, 0.5) is 10.3 Å². The monoisotopic (exact) mass is 492 g/mol. The van der Waals surface area contributed by atoms with Gasteiger partial charge in [0.05, 0.1) is 18.2 Å². The van der Waals surface area contributed by atoms with Gasteiger partial charge in [0.25, 0.3) is 0 Å². The third-order valence-electron chi connectivity index (χ3n) is 5.49. The van der Waals surface area contributed by atoms with Crippen molar-refractivity contribution in [2.24, 2.45) is 0 Å². The smallest absolute Gasteiger partial charge is 0.240 e. The quantitative estimate of drug-likeness (QED) is 0.503. The van der Waals surface area contributed by atoms with Crippen molar-refractivity contribution in [1.82, 2.24) is 24.7 Å². The summed E-state index contributed by atoms with van der Waals surface area (Å²) in [5.41, 5.74) is 1.19. The molecule has 0 radical (unpaired) electrons. The molecule has 0 bridgehead atoms. The van der Waals surface area contributed by atoms with Crippen molar-refractivity contribution < 1.29 is 27.0 Å². The summed E-state index contributed by atoms with van der Waals surface area (Å²) in [7, 11) is -1.15. The average molecular weight is 493 g/mol. The lowest BCUT2D eigenvalue weighted by atomic mass is 10.2. The summed E-state index contributed by atoms with van der Waals surface area (Å²) in [5, 5.41) is 7.11. The van der Waals surface area contributed by atoms with E-state index in [0.717, 1.165) is 5.56 Å². The summed E-state index contributed by atoms with van der Waals surface area (Å²) in [5.74, 6) is 0.362. The van der Waals surface area contributed by atoms with E-state index in [4.69, 9.17) is 14.2 Å². The fraction of sp³-hybridized carbons (Fsp3) is 0.429. The Morgan fingerprint density at radius 2 is 2.00 bits per heavy atom. The lowest BCUT2D eigenvalue weighted by Crippen LogP contribution is -2.34. The molecule has 0 aliphatic carbocycles. The first kappa shape index (κ1) is 24.0. The van der Waals surface area contributed by atoms with Gasteiger partial charge >= 0.3 is 0 Å². The molecular weight excluding hydrogens is 467 g/mol. The van der Waals surface area contributed by atoms with Crippen molar-refractivity contribution in [3.8, 4) is 17.1 Å². The first-order chi connectivity index (χ1) is 16.2. The number of hydrogen-bond donors (Lipinski definition) is 1. The Morgan fingerprint density at radius 3 is 2.68 bits per heavy atom. The summed E-state index contributed by atoms with van der Waals surface area (Å²) in [6.07, 6.45) is 2.24. The fourth-order valence-corrected chi connectivity index (χ4v) is 4.85. The molecule has 2 unspecified atom stereocenters. The molecule has 1 aromatic carbocycles. The Kier molecular flexibility index (Phi) is 6.77. The van der Waals surface area contributed by atoms with Gasteiger partial charge in [-0.05, 0) is 37.6 Å². The van der Waals surface area contributed by atoms with E-state index >= 15 is 0 Å². The number of fused-ring (bicyclic) bond motifs is 3. The van der Waals surface area contributed by atoms with Gasteiger partial charge in [-0.2, -0.15) is 0 Å². The summed E-state index contributed by atoms with van der Waals surface area (Å²) in [4.78, 5) is 8.41. The molecule has 0 fully saturated rings. The highest BCUT2D eigenvalue weighted by Crippen LogP contribution is 2.37. The summed E-state index contributed by atoms with van der Waals surface area (Å²) in [6.45, 7) is 3.64. The second-order valence-corrected chi connectivity index (χ2v) is 9.94. The molecule has 182 valence electrons. The molecule has 0 saturated carbocycles. The number of aromatic nitrogens is 5. The second kappa shape index (κ2) is 9.60. The predicted octanol–water partition coefficient (Wildman–Crippen LogP) is 2.28. The van der Waals surface area contributed by atoms with Crippen LogP contribution in [0.1, 0.15) is 30.5 Å². The number of benzene rings is 1. The number of anilines is 1. The maximum Gasteiger partial charge on any atom is 0.240 e. The van der Waals surface area contributed by atoms with Gasteiger partial charge in [-0.15, -0.1) is 10.2 Å². The topological polar surface area (TPSA) is 130 Å². The van der Waals surface area contributed by atoms with Crippen LogP contribution >= 0.6 is 0 Å². The molecule has 4 rings (SSSR count). The minimum Gasteiger partial charge on any atom is -0.491 e. The number of rotatable bonds is 8. The Balaban J connectivity index is 1.71. The molecule has 0 spiro atoms. The van der Waals surface area contributed by atoms with E-state index in [1.165, 1.54) is 39.3 Å². The van der Waals surface area contributed by atoms with Gasteiger partial charge < -0.3 is 14.2 Å². The largest absolute Gasteiger partial charge is 0.491 e. The molecular formula is C21H25FN6O5S. The van der Waals surface area contributed by atoms with Crippen LogP contribution in [-0.2, 0) is 19.5 Å². The van der Waals surface area contributed by atoms with Crippen molar-refractivity contribution in [2.45, 2.75) is 31.2 Å². The number of ether oxygens (including phenoxy) is 3. The van der Waals surface area contributed by atoms with Gasteiger partial charge in [-0.25, -0.2) is 22.8 Å². The number of sulfonamides is 1. The van der Waals surface area contributed by atoms with Crippen LogP contribution in [0.5, 0.6) is 5.75 Å². The van der Waals surface area contributed by atoms with E-state index in [1.807, 2.05) is 6.92 Å². The van der Waals surface area contributed by atoms with Crippen LogP contribution in [0.25, 0.3) is 11.4 Å². The van der Waals surface area contributed by atoms with E-state index in [1.54, 1.807) is 17.0 Å². The summed E-state index contributed by atoms with van der Waals surface area (Å²) in [6, 6.07) is 3.56. The van der Waals surface area contributed by atoms with Gasteiger partial charge in [-0.3, -0.25) is 9.29 Å². The highest BCUT2D eigenvalue weighted by molar-refractivity contribution is 7.93. The molecule has 3 heterocycles. The van der Waals surface area contributed by atoms with E-state index in [2.05, 4.69) is 24.9 Å². The van der Waals surface area contributed by atoms with Crippen molar-refractivity contribution >= 4 is 16.0 Å².